The van der Waals surface area contributed by atoms with E-state index in [0.717, 1.165) is 5.56 Å². The number of aromatic nitrogens is 1. The molecule has 0 unspecified atom stereocenters. The van der Waals surface area contributed by atoms with Gasteiger partial charge in [-0.2, -0.15) is 0 Å². The number of sulfonamides is 1. The van der Waals surface area contributed by atoms with Gasteiger partial charge in [0.1, 0.15) is 5.76 Å². The van der Waals surface area contributed by atoms with Gasteiger partial charge in [-0.15, -0.1) is 0 Å². The molecule has 0 radical (unpaired) electrons. The predicted octanol–water partition coefficient (Wildman–Crippen LogP) is 2.68. The summed E-state index contributed by atoms with van der Waals surface area (Å²) in [5.74, 6) is 0.722. The minimum absolute atomic E-state index is 0.178. The first-order valence-corrected chi connectivity index (χ1v) is 7.73. The zero-order valence-electron chi connectivity index (χ0n) is 9.55. The van der Waals surface area contributed by atoms with Gasteiger partial charge in [-0.3, -0.25) is 4.72 Å². The number of nitrogens with zero attached hydrogens (tertiary/aromatic N) is 1. The third-order valence-electron chi connectivity index (χ3n) is 2.25. The van der Waals surface area contributed by atoms with Crippen LogP contribution < -0.4 is 4.72 Å². The summed E-state index contributed by atoms with van der Waals surface area (Å²) in [5.41, 5.74) is 1.01. The van der Waals surface area contributed by atoms with E-state index in [0.29, 0.717) is 11.1 Å². The van der Waals surface area contributed by atoms with E-state index in [9.17, 15) is 8.42 Å². The fourth-order valence-corrected chi connectivity index (χ4v) is 2.73. The molecule has 1 aromatic carbocycles. The highest BCUT2D eigenvalue weighted by Gasteiger charge is 2.15. The molecular formula is C11H11BrN2O3S. The van der Waals surface area contributed by atoms with Crippen molar-refractivity contribution < 1.29 is 12.9 Å². The minimum Gasteiger partial charge on any atom is -0.360 e. The number of benzene rings is 1. The van der Waals surface area contributed by atoms with Crippen LogP contribution in [0.2, 0.25) is 0 Å². The van der Waals surface area contributed by atoms with E-state index in [1.54, 1.807) is 31.2 Å². The van der Waals surface area contributed by atoms with Crippen LogP contribution >= 0.6 is 15.9 Å². The van der Waals surface area contributed by atoms with Crippen molar-refractivity contribution in [2.24, 2.45) is 0 Å². The van der Waals surface area contributed by atoms with Crippen LogP contribution in [-0.4, -0.2) is 13.6 Å². The SMILES string of the molecule is Cc1cc(NS(=O)(=O)c2ccc(CBr)cc2)no1. The third kappa shape index (κ3) is 2.91. The largest absolute Gasteiger partial charge is 0.360 e. The molecule has 0 aliphatic carbocycles. The number of aryl methyl sites for hydroxylation is 1. The summed E-state index contributed by atoms with van der Waals surface area (Å²) in [5, 5.41) is 4.27. The molecule has 2 aromatic rings. The Kier molecular flexibility index (Phi) is 3.72. The maximum Gasteiger partial charge on any atom is 0.263 e. The molecule has 0 atom stereocenters. The summed E-state index contributed by atoms with van der Waals surface area (Å²) < 4.78 is 31.2. The van der Waals surface area contributed by atoms with Gasteiger partial charge in [0.2, 0.25) is 0 Å². The predicted molar refractivity (Wildman–Crippen MR) is 71.1 cm³/mol. The van der Waals surface area contributed by atoms with Gasteiger partial charge in [-0.25, -0.2) is 8.42 Å². The summed E-state index contributed by atoms with van der Waals surface area (Å²) in [6.45, 7) is 1.69. The van der Waals surface area contributed by atoms with E-state index < -0.39 is 10.0 Å². The molecule has 0 saturated carbocycles. The zero-order chi connectivity index (χ0) is 13.2. The van der Waals surface area contributed by atoms with Crippen molar-refractivity contribution in [2.45, 2.75) is 17.1 Å². The van der Waals surface area contributed by atoms with E-state index >= 15 is 0 Å². The Morgan fingerprint density at radius 2 is 2.00 bits per heavy atom. The fraction of sp³-hybridized carbons (Fsp3) is 0.182. The zero-order valence-corrected chi connectivity index (χ0v) is 12.0. The van der Waals surface area contributed by atoms with Crippen LogP contribution in [-0.2, 0) is 15.4 Å². The van der Waals surface area contributed by atoms with Crippen LogP contribution in [0, 0.1) is 6.92 Å². The molecule has 2 rings (SSSR count). The molecule has 0 saturated heterocycles. The van der Waals surface area contributed by atoms with Gasteiger partial charge in [0.15, 0.2) is 5.82 Å². The maximum absolute atomic E-state index is 12.0. The fourth-order valence-electron chi connectivity index (χ4n) is 1.37. The second-order valence-electron chi connectivity index (χ2n) is 3.71. The second kappa shape index (κ2) is 5.11. The molecule has 0 bridgehead atoms. The number of nitrogens with one attached hydrogen (secondary N) is 1. The van der Waals surface area contributed by atoms with Gasteiger partial charge in [-0.1, -0.05) is 33.2 Å². The van der Waals surface area contributed by atoms with E-state index in [1.807, 2.05) is 0 Å². The van der Waals surface area contributed by atoms with Crippen molar-refractivity contribution in [1.29, 1.82) is 0 Å². The molecule has 0 aliphatic rings. The highest BCUT2D eigenvalue weighted by Crippen LogP contribution is 2.17. The standard InChI is InChI=1S/C11H11BrN2O3S/c1-8-6-11(13-17-8)14-18(15,16)10-4-2-9(7-12)3-5-10/h2-6H,7H2,1H3,(H,13,14). The number of hydrogen-bond donors (Lipinski definition) is 1. The van der Waals surface area contributed by atoms with Crippen LogP contribution in [0.1, 0.15) is 11.3 Å². The second-order valence-corrected chi connectivity index (χ2v) is 5.95. The van der Waals surface area contributed by atoms with Gasteiger partial charge < -0.3 is 4.52 Å². The Hall–Kier alpha value is -1.34. The normalized spacial score (nSPS) is 11.4. The average Bonchev–Trinajstić information content (AvgIpc) is 2.74. The van der Waals surface area contributed by atoms with E-state index in [4.69, 9.17) is 4.52 Å². The Bertz CT molecular complexity index is 635. The summed E-state index contributed by atoms with van der Waals surface area (Å²) in [7, 11) is -3.61. The van der Waals surface area contributed by atoms with Gasteiger partial charge in [0.25, 0.3) is 10.0 Å². The van der Waals surface area contributed by atoms with Crippen molar-refractivity contribution in [3.63, 3.8) is 0 Å². The molecule has 0 fully saturated rings. The van der Waals surface area contributed by atoms with Crippen LogP contribution in [0.3, 0.4) is 0 Å². The van der Waals surface area contributed by atoms with Crippen molar-refractivity contribution in [1.82, 2.24) is 5.16 Å². The highest BCUT2D eigenvalue weighted by molar-refractivity contribution is 9.08. The summed E-state index contributed by atoms with van der Waals surface area (Å²) in [4.78, 5) is 0.188. The lowest BCUT2D eigenvalue weighted by Gasteiger charge is -2.05. The van der Waals surface area contributed by atoms with E-state index in [2.05, 4.69) is 25.8 Å². The number of rotatable bonds is 4. The van der Waals surface area contributed by atoms with Crippen molar-refractivity contribution in [2.75, 3.05) is 4.72 Å². The Morgan fingerprint density at radius 1 is 1.33 bits per heavy atom. The molecule has 1 N–H and O–H groups in total. The molecule has 7 heteroatoms. The Balaban J connectivity index is 2.24. The minimum atomic E-state index is -3.61. The maximum atomic E-state index is 12.0. The summed E-state index contributed by atoms with van der Waals surface area (Å²) in [6, 6.07) is 8.11. The molecule has 0 amide bonds. The van der Waals surface area contributed by atoms with Gasteiger partial charge in [0.05, 0.1) is 4.90 Å². The average molecular weight is 331 g/mol. The first-order chi connectivity index (χ1) is 8.51. The highest BCUT2D eigenvalue weighted by atomic mass is 79.9. The number of anilines is 1. The Labute approximate surface area is 113 Å². The molecule has 0 aliphatic heterocycles. The quantitative estimate of drug-likeness (QED) is 0.875. The molecule has 5 nitrogen and oxygen atoms in total. The topological polar surface area (TPSA) is 72.2 Å². The lowest BCUT2D eigenvalue weighted by Crippen LogP contribution is -2.13. The van der Waals surface area contributed by atoms with Gasteiger partial charge in [0, 0.05) is 11.4 Å². The Morgan fingerprint density at radius 3 is 2.50 bits per heavy atom. The third-order valence-corrected chi connectivity index (χ3v) is 4.27. The van der Waals surface area contributed by atoms with Crippen LogP contribution in [0.4, 0.5) is 5.82 Å². The number of halogens is 1. The molecule has 96 valence electrons. The van der Waals surface area contributed by atoms with E-state index in [-0.39, 0.29) is 10.7 Å². The summed E-state index contributed by atoms with van der Waals surface area (Å²) >= 11 is 3.30. The molecule has 18 heavy (non-hydrogen) atoms. The first kappa shape index (κ1) is 13.1. The molecule has 0 spiro atoms. The smallest absolute Gasteiger partial charge is 0.263 e. The van der Waals surface area contributed by atoms with Crippen LogP contribution in [0.15, 0.2) is 39.8 Å². The molecular weight excluding hydrogens is 320 g/mol. The van der Waals surface area contributed by atoms with Crippen LogP contribution in [0.5, 0.6) is 0 Å². The lowest BCUT2D eigenvalue weighted by molar-refractivity contribution is 0.400. The van der Waals surface area contributed by atoms with Crippen LogP contribution in [0.25, 0.3) is 0 Å². The number of hydrogen-bond acceptors (Lipinski definition) is 4. The van der Waals surface area contributed by atoms with Crippen molar-refractivity contribution in [3.8, 4) is 0 Å². The summed E-state index contributed by atoms with van der Waals surface area (Å²) in [6.07, 6.45) is 0. The lowest BCUT2D eigenvalue weighted by atomic mass is 10.2. The van der Waals surface area contributed by atoms with E-state index in [1.165, 1.54) is 6.07 Å². The first-order valence-electron chi connectivity index (χ1n) is 5.12. The molecule has 1 heterocycles. The van der Waals surface area contributed by atoms with Crippen molar-refractivity contribution in [3.05, 3.63) is 41.7 Å². The van der Waals surface area contributed by atoms with Gasteiger partial charge in [-0.05, 0) is 24.6 Å². The molecule has 1 aromatic heterocycles. The van der Waals surface area contributed by atoms with Gasteiger partial charge >= 0.3 is 0 Å². The van der Waals surface area contributed by atoms with Crippen molar-refractivity contribution >= 4 is 31.8 Å². The number of alkyl halides is 1. The monoisotopic (exact) mass is 330 g/mol.